The molecule has 0 aliphatic heterocycles. The van der Waals surface area contributed by atoms with Gasteiger partial charge in [-0.3, -0.25) is 4.79 Å². The molecule has 0 aliphatic carbocycles. The fourth-order valence-electron chi connectivity index (χ4n) is 2.25. The Bertz CT molecular complexity index is 472. The summed E-state index contributed by atoms with van der Waals surface area (Å²) in [5, 5.41) is 11.7. The molecule has 5 heteroatoms. The van der Waals surface area contributed by atoms with E-state index >= 15 is 0 Å². The van der Waals surface area contributed by atoms with E-state index in [1.807, 2.05) is 6.92 Å². The minimum absolute atomic E-state index is 0.379. The van der Waals surface area contributed by atoms with Crippen molar-refractivity contribution in [3.63, 3.8) is 0 Å². The van der Waals surface area contributed by atoms with Gasteiger partial charge in [-0.25, -0.2) is 0 Å². The third-order valence-corrected chi connectivity index (χ3v) is 4.05. The lowest BCUT2D eigenvalue weighted by Crippen LogP contribution is -2.38. The van der Waals surface area contributed by atoms with Crippen molar-refractivity contribution in [1.82, 2.24) is 0 Å². The molecule has 1 aromatic rings. The summed E-state index contributed by atoms with van der Waals surface area (Å²) in [7, 11) is 1.32. The summed E-state index contributed by atoms with van der Waals surface area (Å²) < 4.78 is 4.81. The molecule has 0 bridgehead atoms. The van der Waals surface area contributed by atoms with Crippen LogP contribution >= 0.6 is 23.2 Å². The van der Waals surface area contributed by atoms with Crippen LogP contribution in [0.1, 0.15) is 38.7 Å². The normalized spacial score (nSPS) is 15.5. The monoisotopic (exact) mass is 318 g/mol. The first kappa shape index (κ1) is 17.3. The molecule has 0 aromatic heterocycles. The molecule has 0 saturated carbocycles. The molecule has 1 N–H and O–H groups in total. The molecule has 0 saturated heterocycles. The average molecular weight is 319 g/mol. The van der Waals surface area contributed by atoms with Gasteiger partial charge < -0.3 is 9.84 Å². The van der Waals surface area contributed by atoms with E-state index in [4.69, 9.17) is 27.9 Å². The third kappa shape index (κ3) is 3.87. The average Bonchev–Trinajstić information content (AvgIpc) is 2.41. The first-order valence-electron chi connectivity index (χ1n) is 6.60. The minimum Gasteiger partial charge on any atom is -0.469 e. The number of esters is 1. The molecular weight excluding hydrogens is 299 g/mol. The number of unbranched alkanes of at least 4 members (excludes halogenated alkanes) is 1. The van der Waals surface area contributed by atoms with Gasteiger partial charge in [0.2, 0.25) is 0 Å². The van der Waals surface area contributed by atoms with Crippen LogP contribution in [0.25, 0.3) is 0 Å². The zero-order chi connectivity index (χ0) is 15.3. The number of hydrogen-bond acceptors (Lipinski definition) is 3. The summed E-state index contributed by atoms with van der Waals surface area (Å²) in [6, 6.07) is 4.84. The second kappa shape index (κ2) is 7.30. The molecule has 2 atom stereocenters. The number of benzene rings is 1. The molecule has 0 aliphatic rings. The van der Waals surface area contributed by atoms with Gasteiger partial charge in [0.15, 0.2) is 0 Å². The van der Waals surface area contributed by atoms with Gasteiger partial charge in [-0.1, -0.05) is 43.0 Å². The lowest BCUT2D eigenvalue weighted by atomic mass is 9.80. The summed E-state index contributed by atoms with van der Waals surface area (Å²) in [5.41, 5.74) is -0.984. The van der Waals surface area contributed by atoms with Crippen molar-refractivity contribution in [2.45, 2.75) is 38.7 Å². The predicted molar refractivity (Wildman–Crippen MR) is 81.1 cm³/mol. The van der Waals surface area contributed by atoms with E-state index in [0.29, 0.717) is 22.0 Å². The molecule has 0 fully saturated rings. The SMILES string of the molecule is CCCCC(C(=O)OC)C(C)(O)c1cc(Cl)ccc1Cl. The summed E-state index contributed by atoms with van der Waals surface area (Å²) >= 11 is 12.1. The molecule has 112 valence electrons. The van der Waals surface area contributed by atoms with E-state index < -0.39 is 17.5 Å². The van der Waals surface area contributed by atoms with Gasteiger partial charge >= 0.3 is 5.97 Å². The first-order valence-corrected chi connectivity index (χ1v) is 7.35. The van der Waals surface area contributed by atoms with Crippen LogP contribution in [-0.4, -0.2) is 18.2 Å². The van der Waals surface area contributed by atoms with Crippen molar-refractivity contribution in [1.29, 1.82) is 0 Å². The maximum absolute atomic E-state index is 12.0. The lowest BCUT2D eigenvalue weighted by molar-refractivity contribution is -0.156. The van der Waals surface area contributed by atoms with Crippen LogP contribution in [0.4, 0.5) is 0 Å². The number of ether oxygens (including phenoxy) is 1. The lowest BCUT2D eigenvalue weighted by Gasteiger charge is -2.32. The molecular formula is C15H20Cl2O3. The van der Waals surface area contributed by atoms with Gasteiger partial charge in [0, 0.05) is 15.6 Å². The maximum Gasteiger partial charge on any atom is 0.311 e. The molecule has 20 heavy (non-hydrogen) atoms. The van der Waals surface area contributed by atoms with E-state index in [9.17, 15) is 9.90 Å². The van der Waals surface area contributed by atoms with Crippen LogP contribution in [0.3, 0.4) is 0 Å². The van der Waals surface area contributed by atoms with Gasteiger partial charge in [0.05, 0.1) is 13.0 Å². The molecule has 0 amide bonds. The number of hydrogen-bond donors (Lipinski definition) is 1. The molecule has 0 heterocycles. The summed E-state index contributed by atoms with van der Waals surface area (Å²) in [5.74, 6) is -1.12. The first-order chi connectivity index (χ1) is 9.34. The Kier molecular flexibility index (Phi) is 6.31. The van der Waals surface area contributed by atoms with E-state index in [0.717, 1.165) is 12.8 Å². The van der Waals surface area contributed by atoms with Crippen LogP contribution in [0.5, 0.6) is 0 Å². The van der Waals surface area contributed by atoms with Crippen molar-refractivity contribution in [2.75, 3.05) is 7.11 Å². The molecule has 1 rings (SSSR count). The van der Waals surface area contributed by atoms with Crippen molar-refractivity contribution < 1.29 is 14.6 Å². The summed E-state index contributed by atoms with van der Waals surface area (Å²) in [6.45, 7) is 3.59. The minimum atomic E-state index is -1.43. The fourth-order valence-corrected chi connectivity index (χ4v) is 2.73. The van der Waals surface area contributed by atoms with Crippen LogP contribution in [0, 0.1) is 5.92 Å². The zero-order valence-corrected chi connectivity index (χ0v) is 13.5. The zero-order valence-electron chi connectivity index (χ0n) is 12.0. The van der Waals surface area contributed by atoms with Crippen LogP contribution in [-0.2, 0) is 15.1 Å². The van der Waals surface area contributed by atoms with Gasteiger partial charge in [0.25, 0.3) is 0 Å². The fraction of sp³-hybridized carbons (Fsp3) is 0.533. The molecule has 3 nitrogen and oxygen atoms in total. The van der Waals surface area contributed by atoms with E-state index in [-0.39, 0.29) is 0 Å². The summed E-state index contributed by atoms with van der Waals surface area (Å²) in [6.07, 6.45) is 2.26. The maximum atomic E-state index is 12.0. The van der Waals surface area contributed by atoms with Gasteiger partial charge in [-0.05, 0) is 31.5 Å². The van der Waals surface area contributed by atoms with E-state index in [2.05, 4.69) is 0 Å². The van der Waals surface area contributed by atoms with E-state index in [1.165, 1.54) is 7.11 Å². The Morgan fingerprint density at radius 3 is 2.65 bits per heavy atom. The number of aliphatic hydroxyl groups is 1. The van der Waals surface area contributed by atoms with Crippen LogP contribution < -0.4 is 0 Å². The number of carbonyl (C=O) groups is 1. The van der Waals surface area contributed by atoms with Crippen molar-refractivity contribution >= 4 is 29.2 Å². The van der Waals surface area contributed by atoms with Crippen molar-refractivity contribution in [2.24, 2.45) is 5.92 Å². The van der Waals surface area contributed by atoms with E-state index in [1.54, 1.807) is 25.1 Å². The largest absolute Gasteiger partial charge is 0.469 e. The smallest absolute Gasteiger partial charge is 0.311 e. The molecule has 0 spiro atoms. The Morgan fingerprint density at radius 2 is 2.10 bits per heavy atom. The second-order valence-corrected chi connectivity index (χ2v) is 5.83. The second-order valence-electron chi connectivity index (χ2n) is 4.99. The molecule has 2 unspecified atom stereocenters. The van der Waals surface area contributed by atoms with Gasteiger partial charge in [-0.2, -0.15) is 0 Å². The Hall–Kier alpha value is -0.770. The Labute approximate surface area is 129 Å². The number of halogens is 2. The highest BCUT2D eigenvalue weighted by atomic mass is 35.5. The van der Waals surface area contributed by atoms with Crippen molar-refractivity contribution in [3.05, 3.63) is 33.8 Å². The highest BCUT2D eigenvalue weighted by molar-refractivity contribution is 6.33. The van der Waals surface area contributed by atoms with Gasteiger partial charge in [-0.15, -0.1) is 0 Å². The topological polar surface area (TPSA) is 46.5 Å². The van der Waals surface area contributed by atoms with Gasteiger partial charge in [0.1, 0.15) is 5.60 Å². The van der Waals surface area contributed by atoms with Crippen LogP contribution in [0.15, 0.2) is 18.2 Å². The predicted octanol–water partition coefficient (Wildman–Crippen LogP) is 4.18. The molecule has 0 radical (unpaired) electrons. The van der Waals surface area contributed by atoms with Crippen LogP contribution in [0.2, 0.25) is 10.0 Å². The Morgan fingerprint density at radius 1 is 1.45 bits per heavy atom. The Balaban J connectivity index is 3.20. The number of carbonyl (C=O) groups excluding carboxylic acids is 1. The third-order valence-electron chi connectivity index (χ3n) is 3.48. The standard InChI is InChI=1S/C15H20Cl2O3/c1-4-5-6-11(14(18)20-3)15(2,19)12-9-10(16)7-8-13(12)17/h7-9,11,19H,4-6H2,1-3H3. The molecule has 1 aromatic carbocycles. The highest BCUT2D eigenvalue weighted by Gasteiger charge is 2.40. The quantitative estimate of drug-likeness (QED) is 0.800. The number of methoxy groups -OCH3 is 1. The summed E-state index contributed by atoms with van der Waals surface area (Å²) in [4.78, 5) is 12.0. The number of rotatable bonds is 6. The highest BCUT2D eigenvalue weighted by Crippen LogP contribution is 2.38. The van der Waals surface area contributed by atoms with Crippen molar-refractivity contribution in [3.8, 4) is 0 Å².